The van der Waals surface area contributed by atoms with E-state index >= 15 is 0 Å². The van der Waals surface area contributed by atoms with Crippen molar-refractivity contribution in [2.75, 3.05) is 28.7 Å². The lowest BCUT2D eigenvalue weighted by atomic mass is 10.00. The minimum absolute atomic E-state index is 0.0139. The van der Waals surface area contributed by atoms with Crippen molar-refractivity contribution in [2.24, 2.45) is 0 Å². The number of β-lactam (4-membered cyclic amide) rings is 1. The summed E-state index contributed by atoms with van der Waals surface area (Å²) in [4.78, 5) is 45.4. The molecule has 15 nitrogen and oxygen atoms in total. The summed E-state index contributed by atoms with van der Waals surface area (Å²) in [6.07, 6.45) is 0.236. The average Bonchev–Trinajstić information content (AvgIpc) is 3.56. The fraction of sp³-hybridized carbons (Fsp3) is 0.474. The van der Waals surface area contributed by atoms with Gasteiger partial charge in [-0.05, 0) is 17.7 Å². The molecule has 0 saturated carbocycles. The van der Waals surface area contributed by atoms with Crippen LogP contribution in [0.3, 0.4) is 0 Å². The minimum Gasteiger partial charge on any atom is -0.477 e. The Morgan fingerprint density at radius 2 is 2.16 bits per heavy atom. The predicted octanol–water partition coefficient (Wildman–Crippen LogP) is 1.69. The zero-order chi connectivity index (χ0) is 27.8. The summed E-state index contributed by atoms with van der Waals surface area (Å²) >= 11 is 3.48. The van der Waals surface area contributed by atoms with Crippen LogP contribution in [0.5, 0.6) is 0 Å². The molecule has 2 amide bonds. The third-order valence-electron chi connectivity index (χ3n) is 5.94. The summed E-state index contributed by atoms with van der Waals surface area (Å²) in [7, 11) is -3.27. The summed E-state index contributed by atoms with van der Waals surface area (Å²) in [6, 6.07) is -1.18. The quantitative estimate of drug-likeness (QED) is 0.106. The number of amides is 2. The smallest absolute Gasteiger partial charge is 0.352 e. The molecule has 2 aliphatic rings. The number of anilines is 2. The number of aromatic nitrogens is 5. The number of carbonyl (C=O) groups is 3. The number of nitrogens with two attached hydrogens (primary N) is 1. The average molecular weight is 602 g/mol. The van der Waals surface area contributed by atoms with E-state index in [1.54, 1.807) is 20.8 Å². The van der Waals surface area contributed by atoms with Crippen LogP contribution in [0.25, 0.3) is 0 Å². The molecule has 0 aliphatic carbocycles. The number of H-pyrrole nitrogens is 1. The normalized spacial score (nSPS) is 20.0. The molecule has 2 aromatic heterocycles. The Morgan fingerprint density at radius 3 is 2.71 bits per heavy atom. The molecule has 4 rings (SSSR count). The molecule has 0 aromatic carbocycles. The highest BCUT2D eigenvalue weighted by Gasteiger charge is 2.58. The van der Waals surface area contributed by atoms with Gasteiger partial charge in [-0.15, -0.1) is 33.3 Å². The van der Waals surface area contributed by atoms with E-state index in [1.807, 2.05) is 0 Å². The van der Waals surface area contributed by atoms with E-state index in [4.69, 9.17) is 15.7 Å². The van der Waals surface area contributed by atoms with Gasteiger partial charge in [0, 0.05) is 28.7 Å². The number of nitrogens with zero attached hydrogens (tertiary/aromatic N) is 6. The number of tetrazole rings is 1. The number of carboxylic acid groups (broad SMARTS) is 1. The van der Waals surface area contributed by atoms with Crippen LogP contribution in [0.4, 0.5) is 10.9 Å². The highest BCUT2D eigenvalue weighted by Crippen LogP contribution is 2.48. The summed E-state index contributed by atoms with van der Waals surface area (Å²) in [5.74, 6) is -3.62. The standard InChI is InChI=1S/C19H24N9O6PS3/c1-4-35(33,5-2)34-13(20)15(30)27(10-7-37-18(21)22-10)12-14(29)28-11(17(31)32)9(6-36-16(12)28)8(3)38-19-23-25-26-24-19/h7-8,12,16,20H,4-6H2,1-3H3,(H2,21,22)(H,31,32)(H,23,24,25,26)/t8?,12-,16-/m1/s1. The first-order valence-corrected chi connectivity index (χ1v) is 16.0. The van der Waals surface area contributed by atoms with Crippen molar-refractivity contribution >= 4 is 76.9 Å². The van der Waals surface area contributed by atoms with Crippen molar-refractivity contribution in [1.82, 2.24) is 30.5 Å². The molecule has 4 heterocycles. The number of nitrogen functional groups attached to an aromatic ring is 1. The van der Waals surface area contributed by atoms with E-state index in [-0.39, 0.29) is 34.7 Å². The molecule has 3 atom stereocenters. The highest BCUT2D eigenvalue weighted by molar-refractivity contribution is 8.01. The van der Waals surface area contributed by atoms with Gasteiger partial charge in [0.15, 0.2) is 5.13 Å². The first kappa shape index (κ1) is 28.1. The van der Waals surface area contributed by atoms with Gasteiger partial charge in [-0.3, -0.25) is 29.4 Å². The molecule has 19 heteroatoms. The van der Waals surface area contributed by atoms with Gasteiger partial charge in [-0.1, -0.05) is 25.6 Å². The third kappa shape index (κ3) is 5.17. The first-order valence-electron chi connectivity index (χ1n) is 11.2. The second-order valence-electron chi connectivity index (χ2n) is 8.07. The molecule has 2 aromatic rings. The van der Waals surface area contributed by atoms with E-state index in [0.717, 1.165) is 21.1 Å². The van der Waals surface area contributed by atoms with Crippen molar-refractivity contribution in [1.29, 1.82) is 5.41 Å². The van der Waals surface area contributed by atoms with Crippen LogP contribution >= 0.6 is 42.2 Å². The Hall–Kier alpha value is -2.95. The molecule has 0 spiro atoms. The summed E-state index contributed by atoms with van der Waals surface area (Å²) in [5, 5.41) is 32.6. The van der Waals surface area contributed by atoms with Crippen molar-refractivity contribution in [3.05, 3.63) is 16.7 Å². The summed E-state index contributed by atoms with van der Waals surface area (Å²) in [6.45, 7) is 5.03. The molecule has 0 radical (unpaired) electrons. The molecule has 204 valence electrons. The lowest BCUT2D eigenvalue weighted by Crippen LogP contribution is -2.72. The monoisotopic (exact) mass is 601 g/mol. The molecule has 0 bridgehead atoms. The van der Waals surface area contributed by atoms with E-state index < -0.39 is 47.7 Å². The number of hydrogen-bond acceptors (Lipinski definition) is 14. The van der Waals surface area contributed by atoms with Gasteiger partial charge in [0.05, 0.1) is 0 Å². The number of nitrogens with one attached hydrogen (secondary N) is 2. The second-order valence-corrected chi connectivity index (χ2v) is 14.5. The van der Waals surface area contributed by atoms with Crippen LogP contribution in [0, 0.1) is 5.41 Å². The predicted molar refractivity (Wildman–Crippen MR) is 143 cm³/mol. The number of carboxylic acids is 1. The number of thiazole rings is 1. The Kier molecular flexibility index (Phi) is 8.15. The molecule has 1 saturated heterocycles. The van der Waals surface area contributed by atoms with Crippen molar-refractivity contribution in [3.8, 4) is 0 Å². The molecule has 38 heavy (non-hydrogen) atoms. The minimum atomic E-state index is -3.27. The Bertz CT molecular complexity index is 1340. The van der Waals surface area contributed by atoms with E-state index in [1.165, 1.54) is 28.9 Å². The maximum absolute atomic E-state index is 13.5. The van der Waals surface area contributed by atoms with Crippen LogP contribution in [0.1, 0.15) is 20.8 Å². The zero-order valence-electron chi connectivity index (χ0n) is 20.4. The zero-order valence-corrected chi connectivity index (χ0v) is 23.7. The molecule has 2 aliphatic heterocycles. The second kappa shape index (κ2) is 11.0. The van der Waals surface area contributed by atoms with E-state index in [2.05, 4.69) is 25.6 Å². The van der Waals surface area contributed by atoms with Crippen molar-refractivity contribution in [2.45, 2.75) is 42.6 Å². The summed E-state index contributed by atoms with van der Waals surface area (Å²) in [5.41, 5.74) is 6.07. The SMILES string of the molecule is CCP(=O)(CC)OC(=N)C(=O)N(c1csc(N)n1)[C@@H]1C(=O)N2C(C(=O)O)=C(C(C)Sc3nn[nH]n3)CS[C@H]12. The largest absolute Gasteiger partial charge is 0.477 e. The molecule has 1 unspecified atom stereocenters. The Balaban J connectivity index is 1.66. The number of thioether (sulfide) groups is 2. The van der Waals surface area contributed by atoms with E-state index in [9.17, 15) is 24.1 Å². The maximum atomic E-state index is 13.5. The Labute approximate surface area is 228 Å². The number of fused-ring (bicyclic) bond motifs is 1. The fourth-order valence-corrected chi connectivity index (χ4v) is 8.01. The molecular weight excluding hydrogens is 577 g/mol. The molecule has 5 N–H and O–H groups in total. The number of hydrogen-bond donors (Lipinski definition) is 4. The van der Waals surface area contributed by atoms with Gasteiger partial charge in [0.1, 0.15) is 22.9 Å². The lowest BCUT2D eigenvalue weighted by molar-refractivity contribution is -0.148. The molecule has 1 fully saturated rings. The van der Waals surface area contributed by atoms with Crippen LogP contribution in [-0.4, -0.2) is 94.0 Å². The van der Waals surface area contributed by atoms with Crippen LogP contribution in [-0.2, 0) is 23.5 Å². The van der Waals surface area contributed by atoms with Crippen molar-refractivity contribution in [3.63, 3.8) is 0 Å². The van der Waals surface area contributed by atoms with Gasteiger partial charge in [0.25, 0.3) is 11.8 Å². The maximum Gasteiger partial charge on any atom is 0.352 e. The fourth-order valence-electron chi connectivity index (χ4n) is 3.90. The number of aromatic amines is 1. The van der Waals surface area contributed by atoms with Crippen LogP contribution in [0.15, 0.2) is 21.8 Å². The van der Waals surface area contributed by atoms with Gasteiger partial charge >= 0.3 is 11.9 Å². The Morgan fingerprint density at radius 1 is 1.45 bits per heavy atom. The third-order valence-corrected chi connectivity index (χ3v) is 11.4. The number of aliphatic carboxylic acids is 1. The summed E-state index contributed by atoms with van der Waals surface area (Å²) < 4.78 is 18.1. The van der Waals surface area contributed by atoms with Crippen LogP contribution in [0.2, 0.25) is 0 Å². The van der Waals surface area contributed by atoms with Crippen molar-refractivity contribution < 1.29 is 28.6 Å². The molecular formula is C19H24N9O6PS3. The number of rotatable bonds is 9. The van der Waals surface area contributed by atoms with Gasteiger partial charge in [-0.25, -0.2) is 9.78 Å². The van der Waals surface area contributed by atoms with E-state index in [0.29, 0.717) is 10.7 Å². The first-order chi connectivity index (χ1) is 18.0. The van der Waals surface area contributed by atoms with Crippen LogP contribution < -0.4 is 10.6 Å². The highest BCUT2D eigenvalue weighted by atomic mass is 32.2. The van der Waals surface area contributed by atoms with Gasteiger partial charge in [-0.2, -0.15) is 5.21 Å². The van der Waals surface area contributed by atoms with Gasteiger partial charge in [0.2, 0.25) is 12.5 Å². The van der Waals surface area contributed by atoms with Gasteiger partial charge < -0.3 is 15.4 Å². The number of carbonyl (C=O) groups excluding carboxylic acids is 2. The topological polar surface area (TPSA) is 221 Å². The lowest BCUT2D eigenvalue weighted by Gasteiger charge is -2.52.